The lowest BCUT2D eigenvalue weighted by Gasteiger charge is -2.39. The van der Waals surface area contributed by atoms with Crippen LogP contribution in [0.4, 0.5) is 4.79 Å². The van der Waals surface area contributed by atoms with Gasteiger partial charge in [-0.3, -0.25) is 4.79 Å². The Morgan fingerprint density at radius 2 is 2.22 bits per heavy atom. The first kappa shape index (κ1) is 17.0. The van der Waals surface area contributed by atoms with Gasteiger partial charge >= 0.3 is 12.1 Å². The van der Waals surface area contributed by atoms with Crippen molar-refractivity contribution in [3.63, 3.8) is 0 Å². The molecule has 1 fully saturated rings. The van der Waals surface area contributed by atoms with E-state index in [4.69, 9.17) is 14.6 Å². The van der Waals surface area contributed by atoms with Crippen LogP contribution in [0.25, 0.3) is 0 Å². The molecule has 1 amide bonds. The van der Waals surface area contributed by atoms with Crippen LogP contribution in [0.15, 0.2) is 18.3 Å². The second-order valence-electron chi connectivity index (χ2n) is 5.25. The number of nitrogens with one attached hydrogen (secondary N) is 1. The van der Waals surface area contributed by atoms with Gasteiger partial charge in [0.15, 0.2) is 0 Å². The molecule has 1 atom stereocenters. The van der Waals surface area contributed by atoms with Crippen molar-refractivity contribution in [3.8, 4) is 5.88 Å². The van der Waals surface area contributed by atoms with Crippen molar-refractivity contribution in [1.29, 1.82) is 0 Å². The van der Waals surface area contributed by atoms with E-state index in [1.165, 1.54) is 12.0 Å². The van der Waals surface area contributed by atoms with Gasteiger partial charge < -0.3 is 24.8 Å². The van der Waals surface area contributed by atoms with E-state index in [1.54, 1.807) is 19.2 Å². The maximum atomic E-state index is 11.8. The zero-order valence-corrected chi connectivity index (χ0v) is 13.2. The van der Waals surface area contributed by atoms with Gasteiger partial charge in [-0.1, -0.05) is 6.07 Å². The molecular formula is C15H21N3O5. The second-order valence-corrected chi connectivity index (χ2v) is 5.25. The van der Waals surface area contributed by atoms with Gasteiger partial charge in [0.25, 0.3) is 0 Å². The maximum absolute atomic E-state index is 11.8. The Labute approximate surface area is 134 Å². The number of aromatic nitrogens is 1. The highest BCUT2D eigenvalue weighted by Crippen LogP contribution is 2.21. The molecule has 2 N–H and O–H groups in total. The molecule has 1 aliphatic heterocycles. The van der Waals surface area contributed by atoms with Crippen molar-refractivity contribution in [2.24, 2.45) is 0 Å². The third-order valence-electron chi connectivity index (χ3n) is 3.64. The molecule has 1 aromatic heterocycles. The van der Waals surface area contributed by atoms with Crippen molar-refractivity contribution in [2.75, 3.05) is 26.8 Å². The fraction of sp³-hybridized carbons (Fsp3) is 0.533. The Kier molecular flexibility index (Phi) is 5.75. The number of carbonyl (C=O) groups is 2. The highest BCUT2D eigenvalue weighted by Gasteiger charge is 2.32. The third kappa shape index (κ3) is 4.56. The number of ether oxygens (including phenoxy) is 2. The first-order chi connectivity index (χ1) is 11.0. The number of hydrogen-bond acceptors (Lipinski definition) is 6. The van der Waals surface area contributed by atoms with Crippen LogP contribution in [0.2, 0.25) is 0 Å². The van der Waals surface area contributed by atoms with Crippen LogP contribution in [0, 0.1) is 0 Å². The van der Waals surface area contributed by atoms with Crippen LogP contribution in [0.5, 0.6) is 5.88 Å². The van der Waals surface area contributed by atoms with Crippen LogP contribution < -0.4 is 10.1 Å². The van der Waals surface area contributed by atoms with E-state index in [0.29, 0.717) is 25.6 Å². The number of rotatable bonds is 7. The van der Waals surface area contributed by atoms with Crippen LogP contribution >= 0.6 is 0 Å². The summed E-state index contributed by atoms with van der Waals surface area (Å²) in [5.41, 5.74) is 0.827. The fourth-order valence-electron chi connectivity index (χ4n) is 2.40. The molecule has 0 radical (unpaired) electrons. The summed E-state index contributed by atoms with van der Waals surface area (Å²) >= 11 is 0. The number of pyridine rings is 1. The van der Waals surface area contributed by atoms with Crippen molar-refractivity contribution in [1.82, 2.24) is 15.2 Å². The Hall–Kier alpha value is -2.35. The number of hydrogen-bond donors (Lipinski definition) is 2. The van der Waals surface area contributed by atoms with Gasteiger partial charge in [-0.2, -0.15) is 0 Å². The summed E-state index contributed by atoms with van der Waals surface area (Å²) in [4.78, 5) is 28.1. The van der Waals surface area contributed by atoms with Gasteiger partial charge in [-0.05, 0) is 12.5 Å². The van der Waals surface area contributed by atoms with Crippen molar-refractivity contribution in [3.05, 3.63) is 23.9 Å². The average molecular weight is 323 g/mol. The summed E-state index contributed by atoms with van der Waals surface area (Å²) in [5.74, 6) is 0.180. The predicted octanol–water partition coefficient (Wildman–Crippen LogP) is 1.04. The predicted molar refractivity (Wildman–Crippen MR) is 81.3 cm³/mol. The lowest BCUT2D eigenvalue weighted by atomic mass is 10.0. The average Bonchev–Trinajstić information content (AvgIpc) is 2.49. The third-order valence-corrected chi connectivity index (χ3v) is 3.64. The van der Waals surface area contributed by atoms with E-state index in [1.807, 2.05) is 6.07 Å². The van der Waals surface area contributed by atoms with Crippen molar-refractivity contribution < 1.29 is 24.2 Å². The van der Waals surface area contributed by atoms with E-state index in [2.05, 4.69) is 10.3 Å². The molecule has 8 heteroatoms. The zero-order valence-electron chi connectivity index (χ0n) is 13.2. The van der Waals surface area contributed by atoms with E-state index < -0.39 is 6.09 Å². The first-order valence-corrected chi connectivity index (χ1v) is 7.43. The Balaban J connectivity index is 2.02. The van der Waals surface area contributed by atoms with Crippen LogP contribution in [0.3, 0.4) is 0 Å². The molecule has 23 heavy (non-hydrogen) atoms. The highest BCUT2D eigenvalue weighted by molar-refractivity contribution is 5.70. The summed E-state index contributed by atoms with van der Waals surface area (Å²) in [7, 11) is 1.53. The van der Waals surface area contributed by atoms with Gasteiger partial charge in [0, 0.05) is 37.4 Å². The molecule has 1 aromatic rings. The van der Waals surface area contributed by atoms with Crippen LogP contribution in [-0.4, -0.2) is 59.9 Å². The lowest BCUT2D eigenvalue weighted by Crippen LogP contribution is -2.60. The Morgan fingerprint density at radius 3 is 2.74 bits per heavy atom. The topological polar surface area (TPSA) is 101 Å². The van der Waals surface area contributed by atoms with E-state index in [-0.39, 0.29) is 24.5 Å². The number of likely N-dealkylation sites (tertiary alicyclic amines) is 1. The molecule has 126 valence electrons. The number of carboxylic acid groups (broad SMARTS) is 1. The van der Waals surface area contributed by atoms with Gasteiger partial charge in [-0.15, -0.1) is 0 Å². The minimum atomic E-state index is -0.934. The maximum Gasteiger partial charge on any atom is 0.407 e. The summed E-state index contributed by atoms with van der Waals surface area (Å²) in [5, 5.41) is 12.2. The molecular weight excluding hydrogens is 302 g/mol. The number of methoxy groups -OCH3 is 1. The standard InChI is InChI=1S/C15H21N3O5/c1-3-23-14(19)6-12(10-4-5-13(22-2)16-7-10)17-11-8-18(9-11)15(20)21/h4-5,7,11-12,17H,3,6,8-9H2,1-2H3,(H,20,21). The molecule has 0 spiro atoms. The molecule has 0 aromatic carbocycles. The number of nitrogens with zero attached hydrogens (tertiary/aromatic N) is 2. The van der Waals surface area contributed by atoms with E-state index >= 15 is 0 Å². The van der Waals surface area contributed by atoms with E-state index in [9.17, 15) is 9.59 Å². The molecule has 2 rings (SSSR count). The molecule has 0 aliphatic carbocycles. The van der Waals surface area contributed by atoms with Gasteiger partial charge in [0.1, 0.15) is 0 Å². The van der Waals surface area contributed by atoms with Crippen molar-refractivity contribution >= 4 is 12.1 Å². The number of esters is 1. The van der Waals surface area contributed by atoms with Gasteiger partial charge in [0.2, 0.25) is 5.88 Å². The normalized spacial score (nSPS) is 15.7. The molecule has 0 saturated carbocycles. The lowest BCUT2D eigenvalue weighted by molar-refractivity contribution is -0.143. The second kappa shape index (κ2) is 7.77. The molecule has 8 nitrogen and oxygen atoms in total. The van der Waals surface area contributed by atoms with E-state index in [0.717, 1.165) is 5.56 Å². The van der Waals surface area contributed by atoms with Gasteiger partial charge in [0.05, 0.1) is 20.1 Å². The quantitative estimate of drug-likeness (QED) is 0.723. The molecule has 1 unspecified atom stereocenters. The molecule has 0 bridgehead atoms. The minimum absolute atomic E-state index is 0.00706. The molecule has 1 saturated heterocycles. The summed E-state index contributed by atoms with van der Waals surface area (Å²) in [6.45, 7) is 2.88. The Morgan fingerprint density at radius 1 is 1.48 bits per heavy atom. The number of amides is 1. The largest absolute Gasteiger partial charge is 0.481 e. The zero-order chi connectivity index (χ0) is 16.8. The SMILES string of the molecule is CCOC(=O)CC(NC1CN(C(=O)O)C1)c1ccc(OC)nc1. The fourth-order valence-corrected chi connectivity index (χ4v) is 2.40. The summed E-state index contributed by atoms with van der Waals surface area (Å²) < 4.78 is 10.0. The van der Waals surface area contributed by atoms with Gasteiger partial charge in [-0.25, -0.2) is 9.78 Å². The highest BCUT2D eigenvalue weighted by atomic mass is 16.5. The summed E-state index contributed by atoms with van der Waals surface area (Å²) in [6.07, 6.45) is 0.866. The Bertz CT molecular complexity index is 543. The smallest absolute Gasteiger partial charge is 0.407 e. The monoisotopic (exact) mass is 323 g/mol. The molecule has 2 heterocycles. The number of carbonyl (C=O) groups excluding carboxylic acids is 1. The minimum Gasteiger partial charge on any atom is -0.481 e. The van der Waals surface area contributed by atoms with Crippen LogP contribution in [0.1, 0.15) is 24.9 Å². The van der Waals surface area contributed by atoms with Crippen LogP contribution in [-0.2, 0) is 9.53 Å². The summed E-state index contributed by atoms with van der Waals surface area (Å²) in [6, 6.07) is 3.27. The van der Waals surface area contributed by atoms with Crippen molar-refractivity contribution in [2.45, 2.75) is 25.4 Å². The molecule has 1 aliphatic rings. The first-order valence-electron chi connectivity index (χ1n) is 7.43.